The van der Waals surface area contributed by atoms with Gasteiger partial charge in [0.25, 0.3) is 0 Å². The van der Waals surface area contributed by atoms with Gasteiger partial charge in [0.15, 0.2) is 11.0 Å². The lowest BCUT2D eigenvalue weighted by Crippen LogP contribution is -2.06. The summed E-state index contributed by atoms with van der Waals surface area (Å²) in [4.78, 5) is 8.56. The molecule has 0 aliphatic rings. The van der Waals surface area contributed by atoms with Crippen LogP contribution in [0.1, 0.15) is 17.1 Å². The van der Waals surface area contributed by atoms with Crippen molar-refractivity contribution < 1.29 is 0 Å². The normalized spacial score (nSPS) is 10.6. The summed E-state index contributed by atoms with van der Waals surface area (Å²) in [5.74, 6) is 0.598. The van der Waals surface area contributed by atoms with E-state index in [-0.39, 0.29) is 0 Å². The second-order valence-corrected chi connectivity index (χ2v) is 4.23. The van der Waals surface area contributed by atoms with Crippen molar-refractivity contribution in [3.05, 3.63) is 34.5 Å². The molecule has 0 aliphatic carbocycles. The molecule has 0 atom stereocenters. The summed E-state index contributed by atoms with van der Waals surface area (Å²) in [6.07, 6.45) is 1.89. The minimum absolute atomic E-state index is 0.393. The zero-order chi connectivity index (χ0) is 12.4. The minimum atomic E-state index is 0.393. The van der Waals surface area contributed by atoms with E-state index in [1.54, 1.807) is 4.68 Å². The molecule has 0 amide bonds. The van der Waals surface area contributed by atoms with Crippen molar-refractivity contribution in [3.8, 4) is 0 Å². The Bertz CT molecular complexity index is 535. The lowest BCUT2D eigenvalue weighted by atomic mass is 10.3. The first-order valence-corrected chi connectivity index (χ1v) is 5.67. The van der Waals surface area contributed by atoms with Gasteiger partial charge in [-0.15, -0.1) is 0 Å². The van der Waals surface area contributed by atoms with E-state index in [0.29, 0.717) is 17.5 Å². The van der Waals surface area contributed by atoms with Crippen LogP contribution in [-0.2, 0) is 13.6 Å². The molecule has 0 saturated heterocycles. The van der Waals surface area contributed by atoms with E-state index >= 15 is 0 Å². The zero-order valence-electron chi connectivity index (χ0n) is 10.0. The number of aromatic nitrogens is 4. The van der Waals surface area contributed by atoms with Gasteiger partial charge in [-0.25, -0.2) is 9.97 Å². The maximum atomic E-state index is 6.01. The number of nitrogens with zero attached hydrogens (tertiary/aromatic N) is 4. The molecule has 1 N–H and O–H groups in total. The molecule has 0 spiro atoms. The van der Waals surface area contributed by atoms with Gasteiger partial charge in [-0.3, -0.25) is 4.68 Å². The second-order valence-electron chi connectivity index (χ2n) is 3.87. The predicted octanol–water partition coefficient (Wildman–Crippen LogP) is 2.09. The maximum Gasteiger partial charge on any atom is 0.171 e. The van der Waals surface area contributed by atoms with E-state index in [4.69, 9.17) is 11.6 Å². The molecule has 0 radical (unpaired) electrons. The fourth-order valence-corrected chi connectivity index (χ4v) is 1.66. The lowest BCUT2D eigenvalue weighted by molar-refractivity contribution is 0.746. The van der Waals surface area contributed by atoms with Gasteiger partial charge in [0, 0.05) is 13.2 Å². The van der Waals surface area contributed by atoms with E-state index in [0.717, 1.165) is 17.1 Å². The Balaban J connectivity index is 2.11. The Morgan fingerprint density at radius 2 is 2.00 bits per heavy atom. The molecule has 0 bridgehead atoms. The largest absolute Gasteiger partial charge is 0.362 e. The highest BCUT2D eigenvalue weighted by molar-refractivity contribution is 6.31. The molecule has 0 saturated carbocycles. The zero-order valence-corrected chi connectivity index (χ0v) is 10.8. The van der Waals surface area contributed by atoms with E-state index in [2.05, 4.69) is 20.4 Å². The summed E-state index contributed by atoms with van der Waals surface area (Å²) in [5, 5.41) is 7.78. The predicted molar refractivity (Wildman–Crippen MR) is 67.1 cm³/mol. The minimum Gasteiger partial charge on any atom is -0.362 e. The first-order valence-electron chi connectivity index (χ1n) is 5.29. The molecular weight excluding hydrogens is 238 g/mol. The third kappa shape index (κ3) is 2.74. The van der Waals surface area contributed by atoms with Gasteiger partial charge in [-0.1, -0.05) is 11.6 Å². The third-order valence-corrected chi connectivity index (χ3v) is 2.73. The van der Waals surface area contributed by atoms with E-state index < -0.39 is 0 Å². The van der Waals surface area contributed by atoms with Crippen LogP contribution in [0.3, 0.4) is 0 Å². The third-order valence-electron chi connectivity index (χ3n) is 2.47. The summed E-state index contributed by atoms with van der Waals surface area (Å²) < 4.78 is 1.75. The van der Waals surface area contributed by atoms with Crippen molar-refractivity contribution in [2.75, 3.05) is 5.32 Å². The average Bonchev–Trinajstić information content (AvgIpc) is 2.68. The molecule has 2 aromatic rings. The number of hydrogen-bond donors (Lipinski definition) is 1. The topological polar surface area (TPSA) is 55.6 Å². The summed E-state index contributed by atoms with van der Waals surface area (Å²) in [6.45, 7) is 4.37. The van der Waals surface area contributed by atoms with Crippen LogP contribution in [0.5, 0.6) is 0 Å². The number of halogens is 1. The fourth-order valence-electron chi connectivity index (χ4n) is 1.42. The van der Waals surface area contributed by atoms with Gasteiger partial charge in [0.1, 0.15) is 0 Å². The molecule has 2 rings (SSSR count). The van der Waals surface area contributed by atoms with E-state index in [1.165, 1.54) is 0 Å². The van der Waals surface area contributed by atoms with Crippen molar-refractivity contribution in [2.24, 2.45) is 7.05 Å². The molecule has 0 aromatic carbocycles. The molecule has 5 nitrogen and oxygen atoms in total. The van der Waals surface area contributed by atoms with Crippen molar-refractivity contribution in [2.45, 2.75) is 20.4 Å². The molecule has 17 heavy (non-hydrogen) atoms. The molecule has 2 heterocycles. The molecule has 2 aromatic heterocycles. The Kier molecular flexibility index (Phi) is 3.28. The Morgan fingerprint density at radius 3 is 2.65 bits per heavy atom. The fraction of sp³-hybridized carbons (Fsp3) is 0.364. The number of rotatable bonds is 3. The molecule has 0 unspecified atom stereocenters. The lowest BCUT2D eigenvalue weighted by Gasteiger charge is -2.07. The molecule has 0 aliphatic heterocycles. The Morgan fingerprint density at radius 1 is 1.29 bits per heavy atom. The highest BCUT2D eigenvalue weighted by Gasteiger charge is 2.07. The van der Waals surface area contributed by atoms with Gasteiger partial charge >= 0.3 is 0 Å². The standard InChI is InChI=1S/C11H14ClN5/c1-7-8(2)15-11(10(12)14-7)13-6-9-4-5-17(3)16-9/h4-5H,6H2,1-3H3,(H,13,15). The SMILES string of the molecule is Cc1nc(Cl)c(NCc2ccn(C)n2)nc1C. The van der Waals surface area contributed by atoms with Gasteiger partial charge < -0.3 is 5.32 Å². The van der Waals surface area contributed by atoms with Crippen LogP contribution in [0.4, 0.5) is 5.82 Å². The number of hydrogen-bond acceptors (Lipinski definition) is 4. The maximum absolute atomic E-state index is 6.01. The van der Waals surface area contributed by atoms with Crippen LogP contribution in [0.15, 0.2) is 12.3 Å². The summed E-state index contributed by atoms with van der Waals surface area (Å²) in [5.41, 5.74) is 2.65. The van der Waals surface area contributed by atoms with Crippen molar-refractivity contribution >= 4 is 17.4 Å². The monoisotopic (exact) mass is 251 g/mol. The van der Waals surface area contributed by atoms with Gasteiger partial charge in [-0.05, 0) is 19.9 Å². The van der Waals surface area contributed by atoms with Gasteiger partial charge in [-0.2, -0.15) is 5.10 Å². The van der Waals surface area contributed by atoms with Crippen molar-refractivity contribution in [3.63, 3.8) is 0 Å². The van der Waals surface area contributed by atoms with Crippen LogP contribution in [0.2, 0.25) is 5.15 Å². The molecule has 6 heteroatoms. The summed E-state index contributed by atoms with van der Waals surface area (Å²) in [7, 11) is 1.88. The Labute approximate surface area is 105 Å². The van der Waals surface area contributed by atoms with Crippen LogP contribution in [0, 0.1) is 13.8 Å². The first-order chi connectivity index (χ1) is 8.06. The highest BCUT2D eigenvalue weighted by atomic mass is 35.5. The van der Waals surface area contributed by atoms with Gasteiger partial charge in [0.2, 0.25) is 0 Å². The second kappa shape index (κ2) is 4.71. The van der Waals surface area contributed by atoms with Gasteiger partial charge in [0.05, 0.1) is 23.6 Å². The van der Waals surface area contributed by atoms with Crippen LogP contribution < -0.4 is 5.32 Å². The van der Waals surface area contributed by atoms with Crippen molar-refractivity contribution in [1.29, 1.82) is 0 Å². The van der Waals surface area contributed by atoms with Crippen molar-refractivity contribution in [1.82, 2.24) is 19.7 Å². The quantitative estimate of drug-likeness (QED) is 0.908. The van der Waals surface area contributed by atoms with E-state index in [1.807, 2.05) is 33.2 Å². The first kappa shape index (κ1) is 11.9. The number of nitrogens with one attached hydrogen (secondary N) is 1. The van der Waals surface area contributed by atoms with Crippen LogP contribution in [-0.4, -0.2) is 19.7 Å². The molecule has 0 fully saturated rings. The number of anilines is 1. The molecular formula is C11H14ClN5. The summed E-state index contributed by atoms with van der Waals surface area (Å²) >= 11 is 6.01. The van der Waals surface area contributed by atoms with Crippen LogP contribution in [0.25, 0.3) is 0 Å². The Hall–Kier alpha value is -1.62. The highest BCUT2D eigenvalue weighted by Crippen LogP contribution is 2.18. The molecule has 90 valence electrons. The smallest absolute Gasteiger partial charge is 0.171 e. The van der Waals surface area contributed by atoms with E-state index in [9.17, 15) is 0 Å². The van der Waals surface area contributed by atoms with Crippen LogP contribution >= 0.6 is 11.6 Å². The number of aryl methyl sites for hydroxylation is 3. The summed E-state index contributed by atoms with van der Waals surface area (Å²) in [6, 6.07) is 1.94. The average molecular weight is 252 g/mol.